The molecular weight excluding hydrogens is 296 g/mol. The van der Waals surface area contributed by atoms with Crippen LogP contribution in [0.5, 0.6) is 0 Å². The van der Waals surface area contributed by atoms with E-state index in [2.05, 4.69) is 41.6 Å². The van der Waals surface area contributed by atoms with Crippen molar-refractivity contribution in [2.24, 2.45) is 11.3 Å². The van der Waals surface area contributed by atoms with E-state index in [9.17, 15) is 0 Å². The van der Waals surface area contributed by atoms with E-state index in [4.69, 9.17) is 5.26 Å². The van der Waals surface area contributed by atoms with Gasteiger partial charge in [-0.2, -0.15) is 5.26 Å². The lowest BCUT2D eigenvalue weighted by Gasteiger charge is -2.39. The third-order valence-corrected chi connectivity index (χ3v) is 6.45. The molecule has 0 aromatic carbocycles. The van der Waals surface area contributed by atoms with Crippen LogP contribution in [-0.2, 0) is 0 Å². The Morgan fingerprint density at radius 2 is 1.96 bits per heavy atom. The minimum Gasteiger partial charge on any atom is -0.354 e. The predicted molar refractivity (Wildman–Crippen MR) is 97.9 cm³/mol. The van der Waals surface area contributed by atoms with Gasteiger partial charge in [-0.1, -0.05) is 27.2 Å². The van der Waals surface area contributed by atoms with Gasteiger partial charge in [0.2, 0.25) is 0 Å². The van der Waals surface area contributed by atoms with Crippen LogP contribution in [0.2, 0.25) is 0 Å². The first-order valence-electron chi connectivity index (χ1n) is 9.38. The van der Waals surface area contributed by atoms with Gasteiger partial charge in [0.1, 0.15) is 11.9 Å². The Morgan fingerprint density at radius 1 is 1.21 bits per heavy atom. The molecule has 0 radical (unpaired) electrons. The van der Waals surface area contributed by atoms with Crippen molar-refractivity contribution in [3.05, 3.63) is 23.9 Å². The molecule has 1 aromatic rings. The van der Waals surface area contributed by atoms with Gasteiger partial charge in [-0.25, -0.2) is 4.98 Å². The van der Waals surface area contributed by atoms with Crippen molar-refractivity contribution in [3.63, 3.8) is 0 Å². The first-order valence-corrected chi connectivity index (χ1v) is 9.38. The van der Waals surface area contributed by atoms with Crippen LogP contribution >= 0.6 is 0 Å². The predicted octanol–water partition coefficient (Wildman–Crippen LogP) is 3.68. The van der Waals surface area contributed by atoms with Crippen LogP contribution in [0.4, 0.5) is 5.82 Å². The summed E-state index contributed by atoms with van der Waals surface area (Å²) in [5.41, 5.74) is 1.12. The van der Waals surface area contributed by atoms with E-state index < -0.39 is 0 Å². The number of rotatable bonds is 4. The Balaban J connectivity index is 1.53. The average Bonchev–Trinajstić information content (AvgIpc) is 3.13. The quantitative estimate of drug-likeness (QED) is 0.846. The minimum atomic E-state index is 0.489. The topological polar surface area (TPSA) is 43.2 Å². The molecule has 1 aliphatic heterocycles. The lowest BCUT2D eigenvalue weighted by atomic mass is 9.76. The van der Waals surface area contributed by atoms with Crippen molar-refractivity contribution in [1.82, 2.24) is 9.88 Å². The largest absolute Gasteiger partial charge is 0.354 e. The summed E-state index contributed by atoms with van der Waals surface area (Å²) in [6.45, 7) is 11.5. The molecule has 1 saturated heterocycles. The van der Waals surface area contributed by atoms with Gasteiger partial charge in [-0.15, -0.1) is 0 Å². The molecule has 2 aliphatic rings. The summed E-state index contributed by atoms with van der Waals surface area (Å²) in [6.07, 6.45) is 7.08. The Kier molecular flexibility index (Phi) is 5.10. The van der Waals surface area contributed by atoms with Crippen molar-refractivity contribution in [1.29, 1.82) is 5.26 Å². The van der Waals surface area contributed by atoms with Crippen LogP contribution in [0.15, 0.2) is 18.3 Å². The molecule has 130 valence electrons. The Bertz CT molecular complexity index is 579. The highest BCUT2D eigenvalue weighted by atomic mass is 15.3. The van der Waals surface area contributed by atoms with E-state index >= 15 is 0 Å². The SMILES string of the molecule is CCC(C)(C)C1CCC(N2CCN(c3ccc(C#N)cn3)CC2)C1. The summed E-state index contributed by atoms with van der Waals surface area (Å²) in [7, 11) is 0. The molecular formula is C20H30N4. The third kappa shape index (κ3) is 3.57. The molecule has 24 heavy (non-hydrogen) atoms. The zero-order chi connectivity index (χ0) is 17.2. The number of nitrogens with zero attached hydrogens (tertiary/aromatic N) is 4. The molecule has 0 amide bonds. The van der Waals surface area contributed by atoms with Crippen LogP contribution < -0.4 is 4.90 Å². The highest BCUT2D eigenvalue weighted by molar-refractivity contribution is 5.42. The maximum atomic E-state index is 8.88. The normalized spacial score (nSPS) is 25.7. The second-order valence-corrected chi connectivity index (χ2v) is 8.05. The van der Waals surface area contributed by atoms with Crippen LogP contribution in [-0.4, -0.2) is 42.1 Å². The number of piperazine rings is 1. The van der Waals surface area contributed by atoms with Crippen LogP contribution in [0.1, 0.15) is 52.0 Å². The molecule has 4 heteroatoms. The molecule has 2 fully saturated rings. The zero-order valence-electron chi connectivity index (χ0n) is 15.3. The molecule has 1 aliphatic carbocycles. The van der Waals surface area contributed by atoms with Crippen LogP contribution in [0, 0.1) is 22.7 Å². The minimum absolute atomic E-state index is 0.489. The molecule has 0 N–H and O–H groups in total. The number of hydrogen-bond acceptors (Lipinski definition) is 4. The summed E-state index contributed by atoms with van der Waals surface area (Å²) in [4.78, 5) is 9.48. The number of aromatic nitrogens is 1. The van der Waals surface area contributed by atoms with E-state index in [0.29, 0.717) is 11.0 Å². The zero-order valence-corrected chi connectivity index (χ0v) is 15.3. The van der Waals surface area contributed by atoms with Crippen LogP contribution in [0.3, 0.4) is 0 Å². The average molecular weight is 326 g/mol. The van der Waals surface area contributed by atoms with Gasteiger partial charge in [0.05, 0.1) is 5.56 Å². The maximum Gasteiger partial charge on any atom is 0.128 e. The van der Waals surface area contributed by atoms with Crippen molar-refractivity contribution < 1.29 is 0 Å². The van der Waals surface area contributed by atoms with Crippen molar-refractivity contribution in [2.75, 3.05) is 31.1 Å². The van der Waals surface area contributed by atoms with Crippen molar-refractivity contribution in [2.45, 2.75) is 52.5 Å². The molecule has 4 nitrogen and oxygen atoms in total. The highest BCUT2D eigenvalue weighted by Gasteiger charge is 2.37. The smallest absolute Gasteiger partial charge is 0.128 e. The molecule has 2 heterocycles. The van der Waals surface area contributed by atoms with Crippen molar-refractivity contribution in [3.8, 4) is 6.07 Å². The summed E-state index contributed by atoms with van der Waals surface area (Å²) < 4.78 is 0. The van der Waals surface area contributed by atoms with Gasteiger partial charge in [-0.05, 0) is 42.7 Å². The molecule has 3 rings (SSSR count). The van der Waals surface area contributed by atoms with Gasteiger partial charge in [-0.3, -0.25) is 4.90 Å². The summed E-state index contributed by atoms with van der Waals surface area (Å²) in [6, 6.07) is 6.75. The molecule has 1 saturated carbocycles. The molecule has 2 unspecified atom stereocenters. The maximum absolute atomic E-state index is 8.88. The summed E-state index contributed by atoms with van der Waals surface area (Å²) in [5.74, 6) is 1.88. The lowest BCUT2D eigenvalue weighted by molar-refractivity contribution is 0.158. The number of pyridine rings is 1. The van der Waals surface area contributed by atoms with Gasteiger partial charge < -0.3 is 4.90 Å². The fraction of sp³-hybridized carbons (Fsp3) is 0.700. The van der Waals surface area contributed by atoms with E-state index in [1.54, 1.807) is 6.20 Å². The van der Waals surface area contributed by atoms with Gasteiger partial charge in [0.25, 0.3) is 0 Å². The number of nitriles is 1. The summed E-state index contributed by atoms with van der Waals surface area (Å²) in [5, 5.41) is 8.88. The molecule has 0 bridgehead atoms. The third-order valence-electron chi connectivity index (χ3n) is 6.45. The van der Waals surface area contributed by atoms with E-state index in [0.717, 1.165) is 44.0 Å². The lowest BCUT2D eigenvalue weighted by Crippen LogP contribution is -2.50. The second kappa shape index (κ2) is 7.11. The highest BCUT2D eigenvalue weighted by Crippen LogP contribution is 2.43. The Morgan fingerprint density at radius 3 is 2.54 bits per heavy atom. The van der Waals surface area contributed by atoms with E-state index in [1.807, 2.05) is 12.1 Å². The van der Waals surface area contributed by atoms with Gasteiger partial charge in [0.15, 0.2) is 0 Å². The first kappa shape index (κ1) is 17.2. The number of hydrogen-bond donors (Lipinski definition) is 0. The van der Waals surface area contributed by atoms with Crippen molar-refractivity contribution >= 4 is 5.82 Å². The molecule has 1 aromatic heterocycles. The Hall–Kier alpha value is -1.60. The van der Waals surface area contributed by atoms with Gasteiger partial charge in [0, 0.05) is 38.4 Å². The van der Waals surface area contributed by atoms with E-state index in [-0.39, 0.29) is 0 Å². The fourth-order valence-electron chi connectivity index (χ4n) is 4.24. The number of anilines is 1. The fourth-order valence-corrected chi connectivity index (χ4v) is 4.24. The van der Waals surface area contributed by atoms with Gasteiger partial charge >= 0.3 is 0 Å². The van der Waals surface area contributed by atoms with E-state index in [1.165, 1.54) is 25.7 Å². The Labute approximate surface area is 146 Å². The first-order chi connectivity index (χ1) is 11.5. The molecule has 0 spiro atoms. The van der Waals surface area contributed by atoms with Crippen LogP contribution in [0.25, 0.3) is 0 Å². The molecule has 2 atom stereocenters. The monoisotopic (exact) mass is 326 g/mol. The second-order valence-electron chi connectivity index (χ2n) is 8.05. The summed E-state index contributed by atoms with van der Waals surface area (Å²) >= 11 is 0. The standard InChI is InChI=1S/C20H30N4/c1-4-20(2,3)17-6-7-18(13-17)23-9-11-24(12-10-23)19-8-5-16(14-21)15-22-19/h5,8,15,17-18H,4,6-7,9-13H2,1-3H3.